The second-order valence-electron chi connectivity index (χ2n) is 5.17. The van der Waals surface area contributed by atoms with Crippen molar-refractivity contribution in [2.75, 3.05) is 20.8 Å². The van der Waals surface area contributed by atoms with Crippen LogP contribution in [-0.4, -0.2) is 20.8 Å². The number of ether oxygens (including phenoxy) is 2. The van der Waals surface area contributed by atoms with Gasteiger partial charge in [0.1, 0.15) is 11.5 Å². The topological polar surface area (TPSA) is 30.5 Å². The summed E-state index contributed by atoms with van der Waals surface area (Å²) in [6.07, 6.45) is 4.99. The van der Waals surface area contributed by atoms with Gasteiger partial charge >= 0.3 is 0 Å². The van der Waals surface area contributed by atoms with E-state index in [1.807, 2.05) is 6.07 Å². The molecule has 1 unspecified atom stereocenters. The molecular formula is C15H23NO2. The zero-order valence-corrected chi connectivity index (χ0v) is 11.6. The summed E-state index contributed by atoms with van der Waals surface area (Å²) < 4.78 is 10.7. The molecule has 0 saturated carbocycles. The van der Waals surface area contributed by atoms with Gasteiger partial charge in [0.2, 0.25) is 0 Å². The van der Waals surface area contributed by atoms with Crippen LogP contribution < -0.4 is 14.8 Å². The van der Waals surface area contributed by atoms with Gasteiger partial charge in [-0.3, -0.25) is 0 Å². The Balaban J connectivity index is 2.35. The lowest BCUT2D eigenvalue weighted by atomic mass is 9.87. The minimum absolute atomic E-state index is 0.0261. The van der Waals surface area contributed by atoms with Gasteiger partial charge in [-0.05, 0) is 44.0 Å². The van der Waals surface area contributed by atoms with E-state index in [1.165, 1.54) is 24.8 Å². The fourth-order valence-electron chi connectivity index (χ4n) is 2.61. The molecule has 100 valence electrons. The molecule has 1 aromatic rings. The van der Waals surface area contributed by atoms with E-state index < -0.39 is 0 Å². The fraction of sp³-hybridized carbons (Fsp3) is 0.600. The summed E-state index contributed by atoms with van der Waals surface area (Å²) in [4.78, 5) is 0. The molecule has 0 radical (unpaired) electrons. The van der Waals surface area contributed by atoms with E-state index >= 15 is 0 Å². The first-order chi connectivity index (χ1) is 8.68. The molecule has 1 aliphatic heterocycles. The summed E-state index contributed by atoms with van der Waals surface area (Å²) in [5, 5.41) is 3.67. The van der Waals surface area contributed by atoms with Gasteiger partial charge in [0, 0.05) is 11.6 Å². The SMILES string of the molecule is COc1cc(OC)cc(C2(C)CCCCCN2)c1. The van der Waals surface area contributed by atoms with Crippen LogP contribution in [0.2, 0.25) is 0 Å². The molecule has 1 fully saturated rings. The van der Waals surface area contributed by atoms with Crippen molar-refractivity contribution in [3.63, 3.8) is 0 Å². The Hall–Kier alpha value is -1.22. The first-order valence-corrected chi connectivity index (χ1v) is 6.66. The standard InChI is InChI=1S/C15H23NO2/c1-15(7-5-4-6-8-16-15)12-9-13(17-2)11-14(10-12)18-3/h9-11,16H,4-8H2,1-3H3. The van der Waals surface area contributed by atoms with E-state index in [0.717, 1.165) is 24.5 Å². The van der Waals surface area contributed by atoms with Crippen molar-refractivity contribution >= 4 is 0 Å². The van der Waals surface area contributed by atoms with Crippen molar-refractivity contribution in [3.05, 3.63) is 23.8 Å². The summed E-state index contributed by atoms with van der Waals surface area (Å²) in [7, 11) is 3.39. The zero-order chi connectivity index (χ0) is 13.0. The highest BCUT2D eigenvalue weighted by molar-refractivity contribution is 5.41. The van der Waals surface area contributed by atoms with E-state index in [2.05, 4.69) is 24.4 Å². The molecule has 3 nitrogen and oxygen atoms in total. The molecule has 0 aliphatic carbocycles. The van der Waals surface area contributed by atoms with E-state index in [1.54, 1.807) is 14.2 Å². The fourth-order valence-corrected chi connectivity index (χ4v) is 2.61. The Kier molecular flexibility index (Phi) is 4.12. The molecule has 1 atom stereocenters. The summed E-state index contributed by atoms with van der Waals surface area (Å²) in [6.45, 7) is 3.35. The smallest absolute Gasteiger partial charge is 0.122 e. The van der Waals surface area contributed by atoms with Crippen molar-refractivity contribution in [2.45, 2.75) is 38.1 Å². The molecule has 0 aromatic heterocycles. The van der Waals surface area contributed by atoms with Gasteiger partial charge in [-0.2, -0.15) is 0 Å². The van der Waals surface area contributed by atoms with Gasteiger partial charge < -0.3 is 14.8 Å². The molecule has 1 saturated heterocycles. The van der Waals surface area contributed by atoms with Crippen LogP contribution in [0.1, 0.15) is 38.2 Å². The van der Waals surface area contributed by atoms with Crippen LogP contribution in [-0.2, 0) is 5.54 Å². The van der Waals surface area contributed by atoms with E-state index in [4.69, 9.17) is 9.47 Å². The van der Waals surface area contributed by atoms with Crippen molar-refractivity contribution in [1.82, 2.24) is 5.32 Å². The normalized spacial score (nSPS) is 24.4. The van der Waals surface area contributed by atoms with Gasteiger partial charge in [-0.25, -0.2) is 0 Å². The number of hydrogen-bond acceptors (Lipinski definition) is 3. The molecule has 1 aliphatic rings. The number of nitrogens with one attached hydrogen (secondary N) is 1. The van der Waals surface area contributed by atoms with Crippen molar-refractivity contribution in [2.24, 2.45) is 0 Å². The van der Waals surface area contributed by atoms with Crippen LogP contribution in [0.3, 0.4) is 0 Å². The van der Waals surface area contributed by atoms with Gasteiger partial charge in [-0.15, -0.1) is 0 Å². The van der Waals surface area contributed by atoms with Crippen LogP contribution in [0, 0.1) is 0 Å². The van der Waals surface area contributed by atoms with Crippen molar-refractivity contribution in [1.29, 1.82) is 0 Å². The lowest BCUT2D eigenvalue weighted by Gasteiger charge is -2.30. The predicted molar refractivity (Wildman–Crippen MR) is 73.4 cm³/mol. The van der Waals surface area contributed by atoms with Crippen LogP contribution in [0.25, 0.3) is 0 Å². The molecule has 3 heteroatoms. The average molecular weight is 249 g/mol. The van der Waals surface area contributed by atoms with Crippen molar-refractivity contribution in [3.8, 4) is 11.5 Å². The monoisotopic (exact) mass is 249 g/mol. The molecule has 1 heterocycles. The van der Waals surface area contributed by atoms with Crippen LogP contribution in [0.5, 0.6) is 11.5 Å². The summed E-state index contributed by atoms with van der Waals surface area (Å²) in [5.74, 6) is 1.72. The Morgan fingerprint density at radius 3 is 2.28 bits per heavy atom. The highest BCUT2D eigenvalue weighted by Gasteiger charge is 2.28. The van der Waals surface area contributed by atoms with Crippen molar-refractivity contribution < 1.29 is 9.47 Å². The first kappa shape index (κ1) is 13.2. The largest absolute Gasteiger partial charge is 0.497 e. The minimum atomic E-state index is 0.0261. The third-order valence-corrected chi connectivity index (χ3v) is 3.86. The van der Waals surface area contributed by atoms with Crippen LogP contribution >= 0.6 is 0 Å². The summed E-state index contributed by atoms with van der Waals surface area (Å²) >= 11 is 0. The summed E-state index contributed by atoms with van der Waals surface area (Å²) in [5.41, 5.74) is 1.28. The number of rotatable bonds is 3. The molecule has 2 rings (SSSR count). The van der Waals surface area contributed by atoms with E-state index in [0.29, 0.717) is 0 Å². The molecule has 1 N–H and O–H groups in total. The molecule has 0 spiro atoms. The highest BCUT2D eigenvalue weighted by atomic mass is 16.5. The maximum Gasteiger partial charge on any atom is 0.122 e. The molecule has 0 amide bonds. The average Bonchev–Trinajstić information content (AvgIpc) is 2.64. The Labute approximate surface area is 109 Å². The lowest BCUT2D eigenvalue weighted by Crippen LogP contribution is -2.38. The van der Waals surface area contributed by atoms with Gasteiger partial charge in [0.05, 0.1) is 14.2 Å². The molecular weight excluding hydrogens is 226 g/mol. The highest BCUT2D eigenvalue weighted by Crippen LogP contribution is 2.34. The van der Waals surface area contributed by atoms with E-state index in [9.17, 15) is 0 Å². The first-order valence-electron chi connectivity index (χ1n) is 6.66. The zero-order valence-electron chi connectivity index (χ0n) is 11.6. The van der Waals surface area contributed by atoms with E-state index in [-0.39, 0.29) is 5.54 Å². The third kappa shape index (κ3) is 2.78. The van der Waals surface area contributed by atoms with Crippen LogP contribution in [0.15, 0.2) is 18.2 Å². The van der Waals surface area contributed by atoms with Crippen LogP contribution in [0.4, 0.5) is 0 Å². The number of hydrogen-bond donors (Lipinski definition) is 1. The quantitative estimate of drug-likeness (QED) is 0.893. The van der Waals surface area contributed by atoms with Gasteiger partial charge in [-0.1, -0.05) is 12.8 Å². The summed E-state index contributed by atoms with van der Waals surface area (Å²) in [6, 6.07) is 6.14. The van der Waals surface area contributed by atoms with Gasteiger partial charge in [0.25, 0.3) is 0 Å². The minimum Gasteiger partial charge on any atom is -0.497 e. The van der Waals surface area contributed by atoms with Gasteiger partial charge in [0.15, 0.2) is 0 Å². The molecule has 1 aromatic carbocycles. The maximum absolute atomic E-state index is 5.36. The lowest BCUT2D eigenvalue weighted by molar-refractivity contribution is 0.349. The second kappa shape index (κ2) is 5.61. The number of methoxy groups -OCH3 is 2. The predicted octanol–water partition coefficient (Wildman–Crippen LogP) is 3.08. The Morgan fingerprint density at radius 1 is 1.00 bits per heavy atom. The maximum atomic E-state index is 5.36. The molecule has 18 heavy (non-hydrogen) atoms. The Morgan fingerprint density at radius 2 is 1.67 bits per heavy atom. The third-order valence-electron chi connectivity index (χ3n) is 3.86. The number of benzene rings is 1. The second-order valence-corrected chi connectivity index (χ2v) is 5.17. The molecule has 0 bridgehead atoms. The Bertz CT molecular complexity index is 373.